The lowest BCUT2D eigenvalue weighted by molar-refractivity contribution is -0.141. The van der Waals surface area contributed by atoms with Gasteiger partial charge in [0, 0.05) is 0 Å². The van der Waals surface area contributed by atoms with Gasteiger partial charge in [-0.3, -0.25) is 4.79 Å². The zero-order valence-corrected chi connectivity index (χ0v) is 9.91. The van der Waals surface area contributed by atoms with Gasteiger partial charge < -0.3 is 24.5 Å². The molecule has 0 aliphatic carbocycles. The summed E-state index contributed by atoms with van der Waals surface area (Å²) in [6.07, 6.45) is -1.83. The van der Waals surface area contributed by atoms with Crippen LogP contribution >= 0.6 is 31.8 Å². The first-order valence-corrected chi connectivity index (χ1v) is 5.96. The van der Waals surface area contributed by atoms with Crippen LogP contribution in [-0.4, -0.2) is 55.9 Å². The monoisotopic (exact) mass is 280 g/mol. The Morgan fingerprint density at radius 2 is 1.87 bits per heavy atom. The quantitative estimate of drug-likeness (QED) is 0.365. The Labute approximate surface area is 97.4 Å². The number of ketones is 1. The molecule has 4 N–H and O–H groups in total. The highest BCUT2D eigenvalue weighted by atomic mass is 35.5. The summed E-state index contributed by atoms with van der Waals surface area (Å²) in [7, 11) is -2.68. The lowest BCUT2D eigenvalue weighted by Crippen LogP contribution is -2.51. The number of hydrogen-bond donors (Lipinski definition) is 4. The summed E-state index contributed by atoms with van der Waals surface area (Å²) in [6.45, 7) is -0.740. The van der Waals surface area contributed by atoms with Crippen LogP contribution in [0.5, 0.6) is 0 Å². The van der Waals surface area contributed by atoms with Crippen molar-refractivity contribution >= 4 is 37.6 Å². The topological polar surface area (TPSA) is 107 Å². The van der Waals surface area contributed by atoms with Gasteiger partial charge in [0.15, 0.2) is 5.78 Å². The first-order chi connectivity index (χ1) is 6.87. The highest BCUT2D eigenvalue weighted by molar-refractivity contribution is 7.39. The Morgan fingerprint density at radius 3 is 2.20 bits per heavy atom. The molecule has 0 bridgehead atoms. The maximum absolute atomic E-state index is 11.1. The van der Waals surface area contributed by atoms with Crippen molar-refractivity contribution in [3.05, 3.63) is 0 Å². The number of alkyl halides is 2. The Hall–Kier alpha value is 0.480. The number of aliphatic hydroxyl groups excluding tert-OH is 1. The molecule has 0 heterocycles. The van der Waals surface area contributed by atoms with Crippen molar-refractivity contribution in [2.24, 2.45) is 0 Å². The van der Waals surface area contributed by atoms with Crippen LogP contribution in [0.25, 0.3) is 0 Å². The van der Waals surface area contributed by atoms with E-state index in [-0.39, 0.29) is 0 Å². The van der Waals surface area contributed by atoms with E-state index in [0.29, 0.717) is 0 Å². The minimum absolute atomic E-state index is 0.434. The fraction of sp³-hybridized carbons (Fsp3) is 0.833. The zero-order chi connectivity index (χ0) is 12.1. The molecule has 0 fully saturated rings. The lowest BCUT2D eigenvalue weighted by Gasteiger charge is -2.27. The molecule has 0 saturated carbocycles. The number of aliphatic hydroxyl groups is 2. The van der Waals surface area contributed by atoms with E-state index >= 15 is 0 Å². The smallest absolute Gasteiger partial charge is 0.327 e. The van der Waals surface area contributed by atoms with E-state index in [9.17, 15) is 15.0 Å². The SMILES string of the molecule is O=C(COP(O)O)C(O)C(O)(CCl)CCl. The Bertz CT molecular complexity index is 210. The van der Waals surface area contributed by atoms with Gasteiger partial charge in [-0.25, -0.2) is 0 Å². The van der Waals surface area contributed by atoms with Crippen LogP contribution in [0.2, 0.25) is 0 Å². The third-order valence-electron chi connectivity index (χ3n) is 1.60. The molecule has 1 atom stereocenters. The first-order valence-electron chi connectivity index (χ1n) is 3.73. The highest BCUT2D eigenvalue weighted by Crippen LogP contribution is 2.25. The average molecular weight is 281 g/mol. The molecule has 0 saturated heterocycles. The number of carbonyl (C=O) groups is 1. The van der Waals surface area contributed by atoms with Crippen molar-refractivity contribution in [1.82, 2.24) is 0 Å². The third-order valence-corrected chi connectivity index (χ3v) is 2.88. The number of hydrogen-bond acceptors (Lipinski definition) is 6. The minimum atomic E-state index is -2.68. The third kappa shape index (κ3) is 4.89. The summed E-state index contributed by atoms with van der Waals surface area (Å²) in [5.41, 5.74) is -1.95. The normalized spacial score (nSPS) is 14.3. The van der Waals surface area contributed by atoms with Crippen molar-refractivity contribution < 1.29 is 29.3 Å². The molecule has 0 aromatic rings. The molecule has 0 aromatic heterocycles. The van der Waals surface area contributed by atoms with Crippen LogP contribution in [0, 0.1) is 0 Å². The van der Waals surface area contributed by atoms with Gasteiger partial charge in [-0.2, -0.15) is 0 Å². The number of carbonyl (C=O) groups excluding carboxylic acids is 1. The fourth-order valence-electron chi connectivity index (χ4n) is 0.682. The van der Waals surface area contributed by atoms with Crippen molar-refractivity contribution in [1.29, 1.82) is 0 Å². The van der Waals surface area contributed by atoms with Crippen LogP contribution < -0.4 is 0 Å². The Kier molecular flexibility index (Phi) is 7.16. The molecule has 15 heavy (non-hydrogen) atoms. The van der Waals surface area contributed by atoms with Gasteiger partial charge in [-0.15, -0.1) is 23.2 Å². The van der Waals surface area contributed by atoms with E-state index in [1.54, 1.807) is 0 Å². The predicted molar refractivity (Wildman–Crippen MR) is 54.7 cm³/mol. The van der Waals surface area contributed by atoms with Gasteiger partial charge in [-0.1, -0.05) is 0 Å². The number of rotatable bonds is 7. The second-order valence-corrected chi connectivity index (χ2v) is 4.06. The van der Waals surface area contributed by atoms with E-state index < -0.39 is 44.5 Å². The molecule has 0 aliphatic heterocycles. The number of Topliss-reactive ketones (excluding diaryl/α,β-unsaturated/α-hetero) is 1. The summed E-state index contributed by atoms with van der Waals surface area (Å²) in [4.78, 5) is 27.8. The van der Waals surface area contributed by atoms with E-state index in [4.69, 9.17) is 33.0 Å². The maximum atomic E-state index is 11.1. The summed E-state index contributed by atoms with van der Waals surface area (Å²) in [5, 5.41) is 18.9. The predicted octanol–water partition coefficient (Wildman–Crippen LogP) is -0.647. The van der Waals surface area contributed by atoms with Gasteiger partial charge >= 0.3 is 8.60 Å². The van der Waals surface area contributed by atoms with E-state index in [1.165, 1.54) is 0 Å². The molecule has 6 nitrogen and oxygen atoms in total. The summed E-state index contributed by atoms with van der Waals surface area (Å²) in [5.74, 6) is -1.80. The van der Waals surface area contributed by atoms with Crippen LogP contribution in [0.4, 0.5) is 0 Å². The van der Waals surface area contributed by atoms with Crippen molar-refractivity contribution in [3.8, 4) is 0 Å². The van der Waals surface area contributed by atoms with Crippen molar-refractivity contribution in [2.45, 2.75) is 11.7 Å². The zero-order valence-electron chi connectivity index (χ0n) is 7.51. The molecule has 0 aliphatic rings. The molecule has 0 amide bonds. The molecule has 90 valence electrons. The second kappa shape index (κ2) is 6.93. The Balaban J connectivity index is 4.29. The van der Waals surface area contributed by atoms with Crippen molar-refractivity contribution in [2.75, 3.05) is 18.4 Å². The fourth-order valence-corrected chi connectivity index (χ4v) is 1.50. The summed E-state index contributed by atoms with van der Waals surface area (Å²) >= 11 is 10.7. The van der Waals surface area contributed by atoms with Crippen LogP contribution in [0.15, 0.2) is 0 Å². The number of halogens is 2. The van der Waals surface area contributed by atoms with Gasteiger partial charge in [0.2, 0.25) is 0 Å². The molecule has 9 heteroatoms. The molecule has 0 radical (unpaired) electrons. The van der Waals surface area contributed by atoms with Crippen LogP contribution in [-0.2, 0) is 9.32 Å². The molecule has 0 aromatic carbocycles. The van der Waals surface area contributed by atoms with Gasteiger partial charge in [0.05, 0.1) is 11.8 Å². The van der Waals surface area contributed by atoms with E-state index in [0.717, 1.165) is 0 Å². The average Bonchev–Trinajstić information content (AvgIpc) is 2.23. The van der Waals surface area contributed by atoms with E-state index in [2.05, 4.69) is 4.52 Å². The highest BCUT2D eigenvalue weighted by Gasteiger charge is 2.39. The first kappa shape index (κ1) is 15.5. The largest absolute Gasteiger partial charge is 0.384 e. The molecule has 1 unspecified atom stereocenters. The van der Waals surface area contributed by atoms with Gasteiger partial charge in [0.1, 0.15) is 18.3 Å². The Morgan fingerprint density at radius 1 is 1.40 bits per heavy atom. The van der Waals surface area contributed by atoms with Crippen LogP contribution in [0.3, 0.4) is 0 Å². The molecular formula is C6H11Cl2O6P. The molecule has 0 spiro atoms. The maximum Gasteiger partial charge on any atom is 0.327 e. The summed E-state index contributed by atoms with van der Waals surface area (Å²) < 4.78 is 4.18. The minimum Gasteiger partial charge on any atom is -0.384 e. The molecular weight excluding hydrogens is 270 g/mol. The standard InChI is InChI=1S/C6H11Cl2O6P/c7-2-6(11,3-8)5(10)4(9)1-14-15(12)13/h5,10-13H,1-3H2. The second-order valence-electron chi connectivity index (χ2n) is 2.77. The molecule has 0 rings (SSSR count). The lowest BCUT2D eigenvalue weighted by atomic mass is 9.98. The van der Waals surface area contributed by atoms with E-state index in [1.807, 2.05) is 0 Å². The van der Waals surface area contributed by atoms with Gasteiger partial charge in [0.25, 0.3) is 0 Å². The van der Waals surface area contributed by atoms with Crippen molar-refractivity contribution in [3.63, 3.8) is 0 Å². The summed E-state index contributed by atoms with van der Waals surface area (Å²) in [6, 6.07) is 0. The van der Waals surface area contributed by atoms with Crippen LogP contribution in [0.1, 0.15) is 0 Å². The van der Waals surface area contributed by atoms with Gasteiger partial charge in [-0.05, 0) is 0 Å².